The van der Waals surface area contributed by atoms with E-state index < -0.39 is 0 Å². The van der Waals surface area contributed by atoms with Gasteiger partial charge >= 0.3 is 0 Å². The largest absolute Gasteiger partial charge is 0.345 e. The van der Waals surface area contributed by atoms with Gasteiger partial charge in [-0.2, -0.15) is 0 Å². The van der Waals surface area contributed by atoms with Gasteiger partial charge in [0.25, 0.3) is 0 Å². The van der Waals surface area contributed by atoms with Crippen LogP contribution in [0.2, 0.25) is 0 Å². The number of halogens is 1. The van der Waals surface area contributed by atoms with Crippen LogP contribution in [-0.2, 0) is 4.79 Å². The molecule has 0 aliphatic carbocycles. The highest BCUT2D eigenvalue weighted by molar-refractivity contribution is 7.22. The van der Waals surface area contributed by atoms with E-state index in [1.54, 1.807) is 23.5 Å². The van der Waals surface area contributed by atoms with Gasteiger partial charge in [0.05, 0.1) is 16.8 Å². The van der Waals surface area contributed by atoms with E-state index in [1.807, 2.05) is 18.2 Å². The standard InChI is InChI=1S/C19H19FN4OS/c20-14-5-7-15(8-6-14)21-18(25)13-23-9-11-24(12-10-23)19-22-16-3-1-2-4-17(16)26-19/h1-8H,9-13H2,(H,21,25). The van der Waals surface area contributed by atoms with Gasteiger partial charge in [-0.15, -0.1) is 0 Å². The number of carbonyl (C=O) groups is 1. The van der Waals surface area contributed by atoms with Crippen molar-refractivity contribution < 1.29 is 9.18 Å². The summed E-state index contributed by atoms with van der Waals surface area (Å²) in [4.78, 5) is 21.3. The predicted octanol–water partition coefficient (Wildman–Crippen LogP) is 3.20. The fourth-order valence-corrected chi connectivity index (χ4v) is 4.05. The molecule has 1 aliphatic heterocycles. The Morgan fingerprint density at radius 2 is 1.81 bits per heavy atom. The van der Waals surface area contributed by atoms with Crippen LogP contribution in [0.4, 0.5) is 15.2 Å². The van der Waals surface area contributed by atoms with Crippen molar-refractivity contribution in [1.82, 2.24) is 9.88 Å². The highest BCUT2D eigenvalue weighted by atomic mass is 32.1. The number of hydrogen-bond acceptors (Lipinski definition) is 5. The Kier molecular flexibility index (Phi) is 4.81. The minimum absolute atomic E-state index is 0.0787. The fraction of sp³-hybridized carbons (Fsp3) is 0.263. The van der Waals surface area contributed by atoms with E-state index >= 15 is 0 Å². The number of carbonyl (C=O) groups excluding carboxylic acids is 1. The topological polar surface area (TPSA) is 48.5 Å². The number of thiazole rings is 1. The Labute approximate surface area is 155 Å². The van der Waals surface area contributed by atoms with Gasteiger partial charge in [0.1, 0.15) is 5.82 Å². The van der Waals surface area contributed by atoms with Crippen LogP contribution in [0, 0.1) is 5.82 Å². The first kappa shape index (κ1) is 16.9. The van der Waals surface area contributed by atoms with Gasteiger partial charge in [-0.25, -0.2) is 9.37 Å². The van der Waals surface area contributed by atoms with Crippen molar-refractivity contribution >= 4 is 38.3 Å². The molecule has 0 radical (unpaired) electrons. The molecule has 3 aromatic rings. The molecule has 1 saturated heterocycles. The number of amides is 1. The van der Waals surface area contributed by atoms with Gasteiger partial charge in [0.15, 0.2) is 5.13 Å². The van der Waals surface area contributed by atoms with Gasteiger partial charge in [0, 0.05) is 31.9 Å². The van der Waals surface area contributed by atoms with Gasteiger partial charge < -0.3 is 10.2 Å². The van der Waals surface area contributed by atoms with Crippen LogP contribution in [0.5, 0.6) is 0 Å². The van der Waals surface area contributed by atoms with E-state index in [2.05, 4.69) is 21.2 Å². The van der Waals surface area contributed by atoms with Gasteiger partial charge in [-0.3, -0.25) is 9.69 Å². The molecule has 5 nitrogen and oxygen atoms in total. The van der Waals surface area contributed by atoms with E-state index in [-0.39, 0.29) is 11.7 Å². The van der Waals surface area contributed by atoms with Crippen LogP contribution < -0.4 is 10.2 Å². The summed E-state index contributed by atoms with van der Waals surface area (Å²) >= 11 is 1.71. The number of para-hydroxylation sites is 1. The quantitative estimate of drug-likeness (QED) is 0.766. The lowest BCUT2D eigenvalue weighted by molar-refractivity contribution is -0.117. The van der Waals surface area contributed by atoms with E-state index in [4.69, 9.17) is 4.98 Å². The van der Waals surface area contributed by atoms with Crippen molar-refractivity contribution in [3.05, 3.63) is 54.3 Å². The molecule has 7 heteroatoms. The molecule has 26 heavy (non-hydrogen) atoms. The normalized spacial score (nSPS) is 15.3. The molecule has 0 bridgehead atoms. The average Bonchev–Trinajstić information content (AvgIpc) is 3.08. The molecular formula is C19H19FN4OS. The first-order valence-electron chi connectivity index (χ1n) is 8.56. The summed E-state index contributed by atoms with van der Waals surface area (Å²) in [7, 11) is 0. The van der Waals surface area contributed by atoms with E-state index in [0.717, 1.165) is 36.8 Å². The number of nitrogens with zero attached hydrogens (tertiary/aromatic N) is 3. The van der Waals surface area contributed by atoms with Gasteiger partial charge in [-0.1, -0.05) is 23.5 Å². The van der Waals surface area contributed by atoms with Gasteiger partial charge in [-0.05, 0) is 36.4 Å². The molecule has 1 aliphatic rings. The molecule has 2 heterocycles. The highest BCUT2D eigenvalue weighted by Gasteiger charge is 2.21. The third kappa shape index (κ3) is 3.84. The summed E-state index contributed by atoms with van der Waals surface area (Å²) in [5.41, 5.74) is 1.65. The zero-order valence-corrected chi connectivity index (χ0v) is 15.0. The average molecular weight is 370 g/mol. The Morgan fingerprint density at radius 1 is 1.08 bits per heavy atom. The smallest absolute Gasteiger partial charge is 0.238 e. The lowest BCUT2D eigenvalue weighted by atomic mass is 10.3. The molecule has 1 N–H and O–H groups in total. The van der Waals surface area contributed by atoms with Crippen molar-refractivity contribution in [3.8, 4) is 0 Å². The number of rotatable bonds is 4. The number of aromatic nitrogens is 1. The minimum Gasteiger partial charge on any atom is -0.345 e. The number of piperazine rings is 1. The van der Waals surface area contributed by atoms with Crippen molar-refractivity contribution in [2.45, 2.75) is 0 Å². The van der Waals surface area contributed by atoms with Crippen LogP contribution in [0.3, 0.4) is 0 Å². The van der Waals surface area contributed by atoms with Crippen LogP contribution >= 0.6 is 11.3 Å². The second kappa shape index (κ2) is 7.39. The maximum Gasteiger partial charge on any atom is 0.238 e. The molecule has 4 rings (SSSR count). The van der Waals surface area contributed by atoms with E-state index in [0.29, 0.717) is 12.2 Å². The van der Waals surface area contributed by atoms with E-state index in [9.17, 15) is 9.18 Å². The first-order chi connectivity index (χ1) is 12.7. The molecule has 1 fully saturated rings. The predicted molar refractivity (Wildman–Crippen MR) is 103 cm³/mol. The number of hydrogen-bond donors (Lipinski definition) is 1. The van der Waals surface area contributed by atoms with Crippen molar-refractivity contribution in [2.75, 3.05) is 42.9 Å². The minimum atomic E-state index is -0.311. The summed E-state index contributed by atoms with van der Waals surface area (Å²) in [6.07, 6.45) is 0. The summed E-state index contributed by atoms with van der Waals surface area (Å²) < 4.78 is 14.1. The second-order valence-electron chi connectivity index (χ2n) is 6.28. The molecule has 1 amide bonds. The summed E-state index contributed by atoms with van der Waals surface area (Å²) in [6, 6.07) is 14.0. The number of anilines is 2. The lowest BCUT2D eigenvalue weighted by Crippen LogP contribution is -2.48. The summed E-state index contributed by atoms with van der Waals surface area (Å²) in [5, 5.41) is 3.85. The summed E-state index contributed by atoms with van der Waals surface area (Å²) in [6.45, 7) is 3.66. The Balaban J connectivity index is 1.30. The van der Waals surface area contributed by atoms with E-state index in [1.165, 1.54) is 16.8 Å². The molecule has 134 valence electrons. The summed E-state index contributed by atoms with van der Waals surface area (Å²) in [5.74, 6) is -0.390. The fourth-order valence-electron chi connectivity index (χ4n) is 3.03. The van der Waals surface area contributed by atoms with Crippen LogP contribution in [0.25, 0.3) is 10.2 Å². The third-order valence-corrected chi connectivity index (χ3v) is 5.52. The van der Waals surface area contributed by atoms with Gasteiger partial charge in [0.2, 0.25) is 5.91 Å². The van der Waals surface area contributed by atoms with Crippen LogP contribution in [-0.4, -0.2) is 48.5 Å². The molecule has 0 saturated carbocycles. The molecule has 0 spiro atoms. The number of nitrogens with one attached hydrogen (secondary N) is 1. The van der Waals surface area contributed by atoms with Crippen LogP contribution in [0.15, 0.2) is 48.5 Å². The Morgan fingerprint density at radius 3 is 2.54 bits per heavy atom. The molecule has 0 unspecified atom stereocenters. The second-order valence-corrected chi connectivity index (χ2v) is 7.29. The van der Waals surface area contributed by atoms with Crippen molar-refractivity contribution in [2.24, 2.45) is 0 Å². The number of benzene rings is 2. The molecule has 1 aromatic heterocycles. The zero-order valence-electron chi connectivity index (χ0n) is 14.2. The monoisotopic (exact) mass is 370 g/mol. The SMILES string of the molecule is O=C(CN1CCN(c2nc3ccccc3s2)CC1)Nc1ccc(F)cc1. The lowest BCUT2D eigenvalue weighted by Gasteiger charge is -2.34. The third-order valence-electron chi connectivity index (χ3n) is 4.42. The molecule has 2 aromatic carbocycles. The Bertz CT molecular complexity index is 870. The zero-order chi connectivity index (χ0) is 17.9. The maximum absolute atomic E-state index is 12.9. The Hall–Kier alpha value is -2.51. The van der Waals surface area contributed by atoms with Crippen molar-refractivity contribution in [3.63, 3.8) is 0 Å². The number of fused-ring (bicyclic) bond motifs is 1. The first-order valence-corrected chi connectivity index (χ1v) is 9.37. The maximum atomic E-state index is 12.9. The van der Waals surface area contributed by atoms with Crippen LogP contribution in [0.1, 0.15) is 0 Å². The van der Waals surface area contributed by atoms with Crippen molar-refractivity contribution in [1.29, 1.82) is 0 Å². The molecule has 0 atom stereocenters. The molecular weight excluding hydrogens is 351 g/mol. The highest BCUT2D eigenvalue weighted by Crippen LogP contribution is 2.29.